The van der Waals surface area contributed by atoms with E-state index in [1.54, 1.807) is 13.8 Å². The normalized spacial score (nSPS) is 14.2. The zero-order valence-corrected chi connectivity index (χ0v) is 10.4. The monoisotopic (exact) mass is 289 g/mol. The van der Waals surface area contributed by atoms with Crippen LogP contribution in [0.25, 0.3) is 0 Å². The molecule has 0 bridgehead atoms. The number of hydrogen-bond acceptors (Lipinski definition) is 5. The average Bonchev–Trinajstić information content (AvgIpc) is 2.16. The van der Waals surface area contributed by atoms with Gasteiger partial charge in [-0.2, -0.15) is 0 Å². The van der Waals surface area contributed by atoms with E-state index in [0.717, 1.165) is 0 Å². The van der Waals surface area contributed by atoms with E-state index in [-0.39, 0.29) is 11.7 Å². The Morgan fingerprint density at radius 3 is 2.75 bits per heavy atom. The molecule has 0 radical (unpaired) electrons. The quantitative estimate of drug-likeness (QED) is 0.502. The van der Waals surface area contributed by atoms with Gasteiger partial charge in [0.2, 0.25) is 0 Å². The topological polar surface area (TPSA) is 88.3 Å². The molecule has 1 unspecified atom stereocenters. The van der Waals surface area contributed by atoms with Crippen molar-refractivity contribution < 1.29 is 10.0 Å². The Morgan fingerprint density at radius 1 is 1.62 bits per heavy atom. The molecule has 1 aromatic heterocycles. The van der Waals surface area contributed by atoms with Crippen LogP contribution in [0.4, 0.5) is 11.4 Å². The molecule has 2 N–H and O–H groups in total. The number of aromatic nitrogens is 1. The first-order valence-electron chi connectivity index (χ1n) is 4.66. The molecule has 0 spiro atoms. The van der Waals surface area contributed by atoms with E-state index in [9.17, 15) is 15.2 Å². The van der Waals surface area contributed by atoms with Crippen molar-refractivity contribution in [3.05, 3.63) is 27.0 Å². The molecule has 1 aromatic rings. The Morgan fingerprint density at radius 2 is 2.25 bits per heavy atom. The van der Waals surface area contributed by atoms with Crippen LogP contribution in [0.1, 0.15) is 13.8 Å². The molecule has 1 heterocycles. The summed E-state index contributed by atoms with van der Waals surface area (Å²) < 4.78 is 0.499. The van der Waals surface area contributed by atoms with Gasteiger partial charge in [-0.25, -0.2) is 4.98 Å². The lowest BCUT2D eigenvalue weighted by molar-refractivity contribution is -0.384. The molecule has 0 aromatic carbocycles. The molecular weight excluding hydrogens is 278 g/mol. The number of nitro groups is 1. The van der Waals surface area contributed by atoms with E-state index in [0.29, 0.717) is 10.3 Å². The minimum atomic E-state index is -0.605. The van der Waals surface area contributed by atoms with Crippen molar-refractivity contribution in [3.63, 3.8) is 0 Å². The summed E-state index contributed by atoms with van der Waals surface area (Å²) in [5.74, 6) is 0. The van der Waals surface area contributed by atoms with Crippen LogP contribution in [0.5, 0.6) is 0 Å². The fourth-order valence-corrected chi connectivity index (χ4v) is 1.38. The average molecular weight is 290 g/mol. The summed E-state index contributed by atoms with van der Waals surface area (Å²) in [5, 5.41) is 22.9. The number of aliphatic hydroxyl groups excluding tert-OH is 1. The lowest BCUT2D eigenvalue weighted by Crippen LogP contribution is -2.28. The number of rotatable bonds is 4. The fourth-order valence-electron chi connectivity index (χ4n) is 1.05. The maximum atomic E-state index is 10.7. The van der Waals surface area contributed by atoms with Crippen LogP contribution in [0.15, 0.2) is 16.9 Å². The summed E-state index contributed by atoms with van der Waals surface area (Å²) >= 11 is 3.14. The molecule has 0 fully saturated rings. The number of aliphatic hydroxyl groups is 1. The lowest BCUT2D eigenvalue weighted by Gasteiger charge is -2.17. The van der Waals surface area contributed by atoms with Gasteiger partial charge in [0.15, 0.2) is 0 Å². The third kappa shape index (κ3) is 3.14. The van der Waals surface area contributed by atoms with E-state index in [1.165, 1.54) is 12.3 Å². The first kappa shape index (κ1) is 12.9. The summed E-state index contributed by atoms with van der Waals surface area (Å²) in [4.78, 5) is 14.0. The molecule has 0 saturated heterocycles. The van der Waals surface area contributed by atoms with E-state index < -0.39 is 11.0 Å². The predicted molar refractivity (Wildman–Crippen MR) is 63.4 cm³/mol. The number of nitrogens with zero attached hydrogens (tertiary/aromatic N) is 2. The van der Waals surface area contributed by atoms with Gasteiger partial charge in [0.25, 0.3) is 0 Å². The fraction of sp³-hybridized carbons (Fsp3) is 0.444. The van der Waals surface area contributed by atoms with E-state index in [2.05, 4.69) is 26.2 Å². The standard InChI is InChI=1S/C9H12BrN3O3/c1-5(6(2)14)12-7-3-9(10)11-4-8(7)13(15)16/h3-6,14H,1-2H3,(H,11,12)/t5-,6?/m0/s1. The van der Waals surface area contributed by atoms with Crippen molar-refractivity contribution in [2.75, 3.05) is 5.32 Å². The van der Waals surface area contributed by atoms with Crippen LogP contribution in [-0.4, -0.2) is 27.2 Å². The van der Waals surface area contributed by atoms with Crippen LogP contribution in [0.3, 0.4) is 0 Å². The molecule has 88 valence electrons. The van der Waals surface area contributed by atoms with Crippen molar-refractivity contribution in [3.8, 4) is 0 Å². The summed E-state index contributed by atoms with van der Waals surface area (Å²) in [7, 11) is 0. The minimum Gasteiger partial charge on any atom is -0.391 e. The highest BCUT2D eigenvalue weighted by atomic mass is 79.9. The summed E-state index contributed by atoms with van der Waals surface area (Å²) in [6.45, 7) is 3.35. The molecule has 2 atom stereocenters. The molecule has 0 amide bonds. The second-order valence-corrected chi connectivity index (χ2v) is 4.27. The highest BCUT2D eigenvalue weighted by Crippen LogP contribution is 2.26. The van der Waals surface area contributed by atoms with Crippen LogP contribution in [-0.2, 0) is 0 Å². The molecule has 16 heavy (non-hydrogen) atoms. The third-order valence-electron chi connectivity index (χ3n) is 2.15. The number of nitrogens with one attached hydrogen (secondary N) is 1. The van der Waals surface area contributed by atoms with Crippen molar-refractivity contribution in [1.82, 2.24) is 4.98 Å². The van der Waals surface area contributed by atoms with Gasteiger partial charge in [0, 0.05) is 12.1 Å². The van der Waals surface area contributed by atoms with Gasteiger partial charge in [-0.3, -0.25) is 10.1 Å². The van der Waals surface area contributed by atoms with Gasteiger partial charge in [0.1, 0.15) is 16.5 Å². The molecule has 0 aliphatic heterocycles. The highest BCUT2D eigenvalue weighted by Gasteiger charge is 2.18. The highest BCUT2D eigenvalue weighted by molar-refractivity contribution is 9.10. The Balaban J connectivity index is 3.01. The summed E-state index contributed by atoms with van der Waals surface area (Å²) in [6, 6.07) is 1.23. The molecular formula is C9H12BrN3O3. The van der Waals surface area contributed by atoms with Crippen molar-refractivity contribution in [2.45, 2.75) is 26.0 Å². The van der Waals surface area contributed by atoms with Gasteiger partial charge < -0.3 is 10.4 Å². The van der Waals surface area contributed by atoms with E-state index in [1.807, 2.05) is 0 Å². The van der Waals surface area contributed by atoms with E-state index >= 15 is 0 Å². The number of pyridine rings is 1. The number of anilines is 1. The van der Waals surface area contributed by atoms with Gasteiger partial charge >= 0.3 is 5.69 Å². The van der Waals surface area contributed by atoms with Crippen molar-refractivity contribution >= 4 is 27.3 Å². The van der Waals surface area contributed by atoms with Crippen LogP contribution in [0, 0.1) is 10.1 Å². The van der Waals surface area contributed by atoms with Gasteiger partial charge in [-0.15, -0.1) is 0 Å². The largest absolute Gasteiger partial charge is 0.391 e. The molecule has 0 aliphatic carbocycles. The third-order valence-corrected chi connectivity index (χ3v) is 2.59. The Labute approximate surface area is 101 Å². The van der Waals surface area contributed by atoms with Gasteiger partial charge in [0.05, 0.1) is 11.0 Å². The second-order valence-electron chi connectivity index (χ2n) is 3.45. The molecule has 0 aliphatic rings. The number of hydrogen-bond donors (Lipinski definition) is 2. The number of halogens is 1. The molecule has 7 heteroatoms. The van der Waals surface area contributed by atoms with Crippen molar-refractivity contribution in [1.29, 1.82) is 0 Å². The second kappa shape index (κ2) is 5.22. The maximum Gasteiger partial charge on any atom is 0.310 e. The first-order chi connectivity index (χ1) is 7.41. The smallest absolute Gasteiger partial charge is 0.310 e. The van der Waals surface area contributed by atoms with Gasteiger partial charge in [-0.05, 0) is 29.8 Å². The summed E-state index contributed by atoms with van der Waals surface area (Å²) in [5.41, 5.74) is 0.218. The van der Waals surface area contributed by atoms with Crippen molar-refractivity contribution in [2.24, 2.45) is 0 Å². The minimum absolute atomic E-state index is 0.115. The zero-order valence-electron chi connectivity index (χ0n) is 8.85. The van der Waals surface area contributed by atoms with Gasteiger partial charge in [-0.1, -0.05) is 0 Å². The molecule has 6 nitrogen and oxygen atoms in total. The van der Waals surface area contributed by atoms with Crippen LogP contribution in [0.2, 0.25) is 0 Å². The lowest BCUT2D eigenvalue weighted by atomic mass is 10.2. The molecule has 0 saturated carbocycles. The molecule has 1 rings (SSSR count). The Kier molecular flexibility index (Phi) is 4.19. The summed E-state index contributed by atoms with van der Waals surface area (Å²) in [6.07, 6.45) is 0.563. The zero-order chi connectivity index (χ0) is 12.3. The van der Waals surface area contributed by atoms with E-state index in [4.69, 9.17) is 0 Å². The van der Waals surface area contributed by atoms with Crippen LogP contribution < -0.4 is 5.32 Å². The predicted octanol–water partition coefficient (Wildman–Crippen LogP) is 1.93. The van der Waals surface area contributed by atoms with Crippen LogP contribution >= 0.6 is 15.9 Å². The Hall–Kier alpha value is -1.21. The first-order valence-corrected chi connectivity index (χ1v) is 5.45. The maximum absolute atomic E-state index is 10.7. The Bertz CT molecular complexity index is 398. The SMILES string of the molecule is CC(O)[C@H](C)Nc1cc(Br)ncc1[N+](=O)[O-].